The molecule has 3 aliphatic heterocycles. The van der Waals surface area contributed by atoms with Gasteiger partial charge in [-0.25, -0.2) is 18.7 Å². The molecule has 0 bridgehead atoms. The molecule has 2 aromatic heterocycles. The van der Waals surface area contributed by atoms with Crippen molar-refractivity contribution >= 4 is 58.1 Å². The number of urea groups is 1. The Morgan fingerprint density at radius 1 is 0.982 bits per heavy atom. The molecule has 14 nitrogen and oxygen atoms in total. The van der Waals surface area contributed by atoms with E-state index in [0.717, 1.165) is 62.5 Å². The largest absolute Gasteiger partial charge is 0.385 e. The Hall–Kier alpha value is -5.28. The Bertz CT molecular complexity index is 2230. The van der Waals surface area contributed by atoms with Crippen molar-refractivity contribution in [2.24, 2.45) is 11.3 Å². The van der Waals surface area contributed by atoms with Gasteiger partial charge in [-0.1, -0.05) is 23.7 Å². The van der Waals surface area contributed by atoms with Gasteiger partial charge in [0.15, 0.2) is 11.3 Å². The van der Waals surface area contributed by atoms with E-state index in [9.17, 15) is 23.6 Å². The molecule has 9 rings (SSSR count). The van der Waals surface area contributed by atoms with Crippen LogP contribution < -0.4 is 25.8 Å². The van der Waals surface area contributed by atoms with E-state index in [1.54, 1.807) is 25.2 Å². The number of nitrogens with zero attached hydrogens (tertiary/aromatic N) is 7. The average Bonchev–Trinajstić information content (AvgIpc) is 3.72. The maximum atomic E-state index is 13.5. The molecule has 5 amide bonds. The summed E-state index contributed by atoms with van der Waals surface area (Å²) in [5.41, 5.74) is 5.55. The number of rotatable bonds is 9. The first-order valence-corrected chi connectivity index (χ1v) is 20.2. The highest BCUT2D eigenvalue weighted by Crippen LogP contribution is 2.53. The lowest BCUT2D eigenvalue weighted by atomic mass is 9.57. The Balaban J connectivity index is 0.748. The second-order valence-electron chi connectivity index (χ2n) is 16.2. The summed E-state index contributed by atoms with van der Waals surface area (Å²) in [7, 11) is 1.80. The summed E-state index contributed by atoms with van der Waals surface area (Å²) >= 11 is 6.41. The molecule has 0 radical (unpaired) electrons. The maximum Gasteiger partial charge on any atom is 0.328 e. The first kappa shape index (κ1) is 37.3. The number of alkyl halides is 1. The number of halogens is 2. The van der Waals surface area contributed by atoms with Gasteiger partial charge < -0.3 is 20.4 Å². The second-order valence-corrected chi connectivity index (χ2v) is 16.6. The van der Waals surface area contributed by atoms with Gasteiger partial charge in [0, 0.05) is 89.1 Å². The van der Waals surface area contributed by atoms with E-state index in [1.165, 1.54) is 28.5 Å². The first-order chi connectivity index (χ1) is 27.6. The molecule has 2 aliphatic carbocycles. The predicted octanol–water partition coefficient (Wildman–Crippen LogP) is 4.83. The molecule has 1 spiro atoms. The van der Waals surface area contributed by atoms with Crippen LogP contribution in [0.2, 0.25) is 5.02 Å². The van der Waals surface area contributed by atoms with Gasteiger partial charge in [-0.05, 0) is 73.4 Å². The van der Waals surface area contributed by atoms with Gasteiger partial charge in [0.25, 0.3) is 11.8 Å². The number of nitrogens with one attached hydrogen (secondary N) is 3. The lowest BCUT2D eigenvalue weighted by Gasteiger charge is -2.53. The standard InChI is InChI=1S/C41H46ClFN10O4/c1-44-33-20-31(48-53-35(23-45-37(33)53)38(55)46-32-19-30(32)43)26-2-5-28(6-3-26)50-16-14-49(15-17-50)24-25-21-41(22-25)9-12-51(13-10-41)39(56)27-4-7-29(42)34(18-27)52-11-8-36(54)47-40(52)57/h2-7,18,20,23,25,30,32,44H,8-17,19,21-22,24H2,1H3,(H,46,55)(H,47,54,57)/t30-,32?/m0/s1. The number of amides is 5. The van der Waals surface area contributed by atoms with Gasteiger partial charge in [0.05, 0.1) is 34.3 Å². The van der Waals surface area contributed by atoms with E-state index >= 15 is 0 Å². The smallest absolute Gasteiger partial charge is 0.328 e. The number of fused-ring (bicyclic) bond motifs is 1. The highest BCUT2D eigenvalue weighted by Gasteiger charge is 2.47. The fourth-order valence-corrected chi connectivity index (χ4v) is 9.34. The Labute approximate surface area is 334 Å². The molecule has 1 unspecified atom stereocenters. The molecule has 5 heterocycles. The number of hydrogen-bond donors (Lipinski definition) is 3. The Morgan fingerprint density at radius 3 is 2.40 bits per heavy atom. The highest BCUT2D eigenvalue weighted by molar-refractivity contribution is 6.34. The van der Waals surface area contributed by atoms with E-state index in [-0.39, 0.29) is 36.4 Å². The van der Waals surface area contributed by atoms with E-state index < -0.39 is 18.2 Å². The van der Waals surface area contributed by atoms with Crippen LogP contribution in [0.25, 0.3) is 16.9 Å². The predicted molar refractivity (Wildman–Crippen MR) is 215 cm³/mol. The minimum Gasteiger partial charge on any atom is -0.385 e. The number of piperidine rings is 1. The number of carbonyl (C=O) groups is 4. The van der Waals surface area contributed by atoms with Crippen LogP contribution >= 0.6 is 11.6 Å². The molecule has 5 fully saturated rings. The van der Waals surface area contributed by atoms with Crippen LogP contribution in [0.5, 0.6) is 0 Å². The fourth-order valence-electron chi connectivity index (χ4n) is 9.12. The van der Waals surface area contributed by atoms with Crippen LogP contribution in [-0.2, 0) is 4.79 Å². The highest BCUT2D eigenvalue weighted by atomic mass is 35.5. The van der Waals surface area contributed by atoms with Crippen molar-refractivity contribution < 1.29 is 23.6 Å². The molecule has 57 heavy (non-hydrogen) atoms. The van der Waals surface area contributed by atoms with E-state index in [2.05, 4.69) is 55.0 Å². The van der Waals surface area contributed by atoms with Gasteiger partial charge in [-0.3, -0.25) is 29.5 Å². The number of carbonyl (C=O) groups excluding carboxylic acids is 4. The number of imidazole rings is 1. The van der Waals surface area contributed by atoms with Crippen molar-refractivity contribution in [3.05, 3.63) is 71.0 Å². The van der Waals surface area contributed by atoms with Gasteiger partial charge in [0.1, 0.15) is 6.17 Å². The SMILES string of the molecule is CNc1cc(-c2ccc(N3CCN(CC4CC5(CCN(C(=O)c6ccc(Cl)c(N7CCC(=O)NC7=O)c6)CC5)C4)CC3)cc2)nn2c(C(=O)NC3C[C@@H]3F)cnc12. The molecular weight excluding hydrogens is 751 g/mol. The third-order valence-electron chi connectivity index (χ3n) is 12.5. The summed E-state index contributed by atoms with van der Waals surface area (Å²) in [5.74, 6) is -0.0962. The Kier molecular flexibility index (Phi) is 9.75. The number of benzene rings is 2. The van der Waals surface area contributed by atoms with Crippen molar-refractivity contribution in [3.63, 3.8) is 0 Å². The molecule has 3 N–H and O–H groups in total. The van der Waals surface area contributed by atoms with Crippen molar-refractivity contribution in [1.82, 2.24) is 35.0 Å². The first-order valence-electron chi connectivity index (χ1n) is 19.9. The molecule has 16 heteroatoms. The van der Waals surface area contributed by atoms with Crippen molar-refractivity contribution in [2.45, 2.75) is 50.7 Å². The zero-order chi connectivity index (χ0) is 39.4. The number of likely N-dealkylation sites (tertiary alicyclic amines) is 1. The topological polar surface area (TPSA) is 148 Å². The molecule has 4 aromatic rings. The van der Waals surface area contributed by atoms with Gasteiger partial charge in [-0.2, -0.15) is 5.10 Å². The van der Waals surface area contributed by atoms with Crippen LogP contribution in [0.1, 0.15) is 59.4 Å². The number of anilines is 3. The third kappa shape index (κ3) is 7.38. The average molecular weight is 797 g/mol. The number of imide groups is 1. The number of piperazine rings is 1. The number of hydrogen-bond acceptors (Lipinski definition) is 9. The van der Waals surface area contributed by atoms with Crippen molar-refractivity contribution in [1.29, 1.82) is 0 Å². The van der Waals surface area contributed by atoms with Crippen LogP contribution in [0.4, 0.5) is 26.2 Å². The lowest BCUT2D eigenvalue weighted by Crippen LogP contribution is -2.53. The summed E-state index contributed by atoms with van der Waals surface area (Å²) in [6.07, 6.45) is 5.39. The van der Waals surface area contributed by atoms with Crippen LogP contribution in [-0.4, -0.2) is 120 Å². The quantitative estimate of drug-likeness (QED) is 0.217. The molecule has 2 aromatic carbocycles. The third-order valence-corrected chi connectivity index (χ3v) is 12.8. The number of aromatic nitrogens is 3. The summed E-state index contributed by atoms with van der Waals surface area (Å²) in [4.78, 5) is 63.2. The van der Waals surface area contributed by atoms with Crippen molar-refractivity contribution in [3.8, 4) is 11.3 Å². The summed E-state index contributed by atoms with van der Waals surface area (Å²) < 4.78 is 15.0. The minimum atomic E-state index is -0.994. The molecule has 5 aliphatic rings. The van der Waals surface area contributed by atoms with Crippen LogP contribution in [0.15, 0.2) is 54.7 Å². The summed E-state index contributed by atoms with van der Waals surface area (Å²) in [6.45, 7) is 6.66. The molecule has 298 valence electrons. The van der Waals surface area contributed by atoms with E-state index in [4.69, 9.17) is 16.7 Å². The van der Waals surface area contributed by atoms with Crippen LogP contribution in [0, 0.1) is 11.3 Å². The second kappa shape index (κ2) is 14.9. The molecular formula is C41H46ClFN10O4. The zero-order valence-electron chi connectivity index (χ0n) is 31.8. The maximum absolute atomic E-state index is 13.5. The van der Waals surface area contributed by atoms with E-state index in [1.807, 2.05) is 11.0 Å². The minimum absolute atomic E-state index is 0.0574. The molecule has 2 atom stereocenters. The summed E-state index contributed by atoms with van der Waals surface area (Å²) in [6, 6.07) is 14.3. The fraction of sp³-hybridized carbons (Fsp3) is 0.463. The van der Waals surface area contributed by atoms with Gasteiger partial charge in [0.2, 0.25) is 5.91 Å². The molecule has 3 saturated heterocycles. The van der Waals surface area contributed by atoms with E-state index in [0.29, 0.717) is 58.5 Å². The lowest BCUT2D eigenvalue weighted by molar-refractivity contribution is -0.120. The Morgan fingerprint density at radius 2 is 1.72 bits per heavy atom. The van der Waals surface area contributed by atoms with Gasteiger partial charge >= 0.3 is 6.03 Å². The van der Waals surface area contributed by atoms with Gasteiger partial charge in [-0.15, -0.1) is 0 Å². The van der Waals surface area contributed by atoms with Crippen molar-refractivity contribution in [2.75, 3.05) is 74.5 Å². The molecule has 2 saturated carbocycles. The zero-order valence-corrected chi connectivity index (χ0v) is 32.6. The summed E-state index contributed by atoms with van der Waals surface area (Å²) in [5, 5.41) is 13.3. The normalized spacial score (nSPS) is 22.4. The monoisotopic (exact) mass is 796 g/mol. The van der Waals surface area contributed by atoms with Crippen LogP contribution in [0.3, 0.4) is 0 Å².